The van der Waals surface area contributed by atoms with Crippen LogP contribution in [0.4, 0.5) is 15.9 Å². The third-order valence-corrected chi connectivity index (χ3v) is 4.91. The molecule has 2 amide bonds. The zero-order chi connectivity index (χ0) is 19.9. The van der Waals surface area contributed by atoms with Crippen molar-refractivity contribution >= 4 is 34.4 Å². The standard InChI is InChI=1S/C18H24N6O3S/c1-13(2)11-27-18(26)22-17-21-14(12-28-17)10-15(25)23-6-8-24(9-7-23)16-19-4-3-5-20-16/h3-5,12-13H,6-11H2,1-2H3,(H,21,22,26). The molecule has 28 heavy (non-hydrogen) atoms. The summed E-state index contributed by atoms with van der Waals surface area (Å²) >= 11 is 1.28. The summed E-state index contributed by atoms with van der Waals surface area (Å²) < 4.78 is 5.07. The van der Waals surface area contributed by atoms with Crippen LogP contribution >= 0.6 is 11.3 Å². The second kappa shape index (κ2) is 9.45. The highest BCUT2D eigenvalue weighted by molar-refractivity contribution is 7.13. The maximum atomic E-state index is 12.5. The van der Waals surface area contributed by atoms with Crippen molar-refractivity contribution in [1.82, 2.24) is 19.9 Å². The minimum absolute atomic E-state index is 0.0212. The first-order valence-corrected chi connectivity index (χ1v) is 10.1. The van der Waals surface area contributed by atoms with Crippen molar-refractivity contribution in [2.24, 2.45) is 5.92 Å². The number of amides is 2. The Morgan fingerprint density at radius 3 is 2.61 bits per heavy atom. The SMILES string of the molecule is CC(C)COC(=O)Nc1nc(CC(=O)N2CCN(c3ncccn3)CC2)cs1. The van der Waals surface area contributed by atoms with Gasteiger partial charge in [-0.25, -0.2) is 19.7 Å². The number of hydrogen-bond acceptors (Lipinski definition) is 8. The molecule has 0 atom stereocenters. The third kappa shape index (κ3) is 5.62. The zero-order valence-electron chi connectivity index (χ0n) is 16.0. The lowest BCUT2D eigenvalue weighted by Gasteiger charge is -2.34. The molecule has 1 aliphatic heterocycles. The molecule has 0 radical (unpaired) electrons. The predicted octanol–water partition coefficient (Wildman–Crippen LogP) is 2.03. The van der Waals surface area contributed by atoms with Crippen LogP contribution in [0.5, 0.6) is 0 Å². The summed E-state index contributed by atoms with van der Waals surface area (Å²) in [5.41, 5.74) is 0.642. The first-order valence-electron chi connectivity index (χ1n) is 9.19. The van der Waals surface area contributed by atoms with Gasteiger partial charge in [-0.2, -0.15) is 0 Å². The summed E-state index contributed by atoms with van der Waals surface area (Å²) in [6.07, 6.45) is 3.11. The molecule has 0 aromatic carbocycles. The molecule has 1 saturated heterocycles. The van der Waals surface area contributed by atoms with Crippen LogP contribution in [0.1, 0.15) is 19.5 Å². The quantitative estimate of drug-likeness (QED) is 0.786. The highest BCUT2D eigenvalue weighted by atomic mass is 32.1. The van der Waals surface area contributed by atoms with Gasteiger partial charge in [0.25, 0.3) is 0 Å². The largest absolute Gasteiger partial charge is 0.449 e. The van der Waals surface area contributed by atoms with Gasteiger partial charge in [0.05, 0.1) is 18.7 Å². The Hall–Kier alpha value is -2.75. The smallest absolute Gasteiger partial charge is 0.413 e. The van der Waals surface area contributed by atoms with Gasteiger partial charge in [0.2, 0.25) is 11.9 Å². The molecule has 10 heteroatoms. The van der Waals surface area contributed by atoms with E-state index in [1.165, 1.54) is 11.3 Å². The molecule has 0 bridgehead atoms. The number of nitrogens with zero attached hydrogens (tertiary/aromatic N) is 5. The van der Waals surface area contributed by atoms with Crippen molar-refractivity contribution in [2.75, 3.05) is 43.0 Å². The molecule has 0 spiro atoms. The molecule has 0 saturated carbocycles. The summed E-state index contributed by atoms with van der Waals surface area (Å²) in [4.78, 5) is 40.9. The van der Waals surface area contributed by atoms with E-state index < -0.39 is 6.09 Å². The normalized spacial score (nSPS) is 14.2. The predicted molar refractivity (Wildman–Crippen MR) is 106 cm³/mol. The molecule has 1 fully saturated rings. The lowest BCUT2D eigenvalue weighted by molar-refractivity contribution is -0.130. The minimum Gasteiger partial charge on any atom is -0.449 e. The molecule has 1 aliphatic rings. The van der Waals surface area contributed by atoms with Gasteiger partial charge >= 0.3 is 6.09 Å². The van der Waals surface area contributed by atoms with E-state index in [1.54, 1.807) is 23.8 Å². The Kier molecular flexibility index (Phi) is 6.75. The minimum atomic E-state index is -0.528. The van der Waals surface area contributed by atoms with E-state index in [0.29, 0.717) is 49.6 Å². The number of aromatic nitrogens is 3. The Labute approximate surface area is 167 Å². The number of piperazine rings is 1. The molecule has 0 aliphatic carbocycles. The van der Waals surface area contributed by atoms with E-state index in [2.05, 4.69) is 25.2 Å². The number of carbonyl (C=O) groups excluding carboxylic acids is 2. The highest BCUT2D eigenvalue weighted by Gasteiger charge is 2.23. The lowest BCUT2D eigenvalue weighted by Crippen LogP contribution is -2.49. The van der Waals surface area contributed by atoms with E-state index in [-0.39, 0.29) is 18.2 Å². The molecule has 3 heterocycles. The zero-order valence-corrected chi connectivity index (χ0v) is 16.8. The van der Waals surface area contributed by atoms with Crippen molar-refractivity contribution in [1.29, 1.82) is 0 Å². The fourth-order valence-corrected chi connectivity index (χ4v) is 3.38. The molecule has 2 aromatic heterocycles. The molecule has 1 N–H and O–H groups in total. The first-order chi connectivity index (χ1) is 13.5. The molecular formula is C18H24N6O3S. The summed E-state index contributed by atoms with van der Waals surface area (Å²) in [5, 5.41) is 4.81. The Balaban J connectivity index is 1.45. The Morgan fingerprint density at radius 1 is 1.21 bits per heavy atom. The van der Waals surface area contributed by atoms with Gasteiger partial charge in [0.15, 0.2) is 5.13 Å². The van der Waals surface area contributed by atoms with Crippen molar-refractivity contribution in [3.8, 4) is 0 Å². The molecular weight excluding hydrogens is 380 g/mol. The van der Waals surface area contributed by atoms with E-state index >= 15 is 0 Å². The maximum Gasteiger partial charge on any atom is 0.413 e. The number of ether oxygens (including phenoxy) is 1. The van der Waals surface area contributed by atoms with Gasteiger partial charge in [-0.1, -0.05) is 13.8 Å². The molecule has 2 aromatic rings. The number of carbonyl (C=O) groups is 2. The van der Waals surface area contributed by atoms with Crippen LogP contribution in [0.2, 0.25) is 0 Å². The topological polar surface area (TPSA) is 101 Å². The summed E-state index contributed by atoms with van der Waals surface area (Å²) in [6, 6.07) is 1.78. The monoisotopic (exact) mass is 404 g/mol. The number of rotatable bonds is 6. The Bertz CT molecular complexity index is 790. The number of hydrogen-bond donors (Lipinski definition) is 1. The van der Waals surface area contributed by atoms with Gasteiger partial charge in [0.1, 0.15) is 0 Å². The van der Waals surface area contributed by atoms with Crippen LogP contribution in [0, 0.1) is 5.92 Å². The van der Waals surface area contributed by atoms with Crippen LogP contribution in [-0.4, -0.2) is 64.6 Å². The van der Waals surface area contributed by atoms with E-state index in [4.69, 9.17) is 4.74 Å². The maximum absolute atomic E-state index is 12.5. The third-order valence-electron chi connectivity index (χ3n) is 4.11. The van der Waals surface area contributed by atoms with E-state index in [0.717, 1.165) is 0 Å². The van der Waals surface area contributed by atoms with Crippen molar-refractivity contribution < 1.29 is 14.3 Å². The van der Waals surface area contributed by atoms with Gasteiger partial charge in [0, 0.05) is 44.0 Å². The van der Waals surface area contributed by atoms with E-state index in [9.17, 15) is 9.59 Å². The van der Waals surface area contributed by atoms with Gasteiger partial charge in [-0.15, -0.1) is 11.3 Å². The van der Waals surface area contributed by atoms with Gasteiger partial charge in [-0.3, -0.25) is 10.1 Å². The highest BCUT2D eigenvalue weighted by Crippen LogP contribution is 2.17. The number of anilines is 2. The van der Waals surface area contributed by atoms with Gasteiger partial charge in [-0.05, 0) is 12.0 Å². The van der Waals surface area contributed by atoms with Crippen LogP contribution in [-0.2, 0) is 16.0 Å². The van der Waals surface area contributed by atoms with Crippen LogP contribution in [0.3, 0.4) is 0 Å². The molecule has 150 valence electrons. The summed E-state index contributed by atoms with van der Waals surface area (Å²) in [7, 11) is 0. The van der Waals surface area contributed by atoms with Crippen molar-refractivity contribution in [3.05, 3.63) is 29.5 Å². The van der Waals surface area contributed by atoms with Crippen LogP contribution in [0.25, 0.3) is 0 Å². The second-order valence-corrected chi connectivity index (χ2v) is 7.71. The summed E-state index contributed by atoms with van der Waals surface area (Å²) in [6.45, 7) is 6.91. The number of nitrogens with one attached hydrogen (secondary N) is 1. The average Bonchev–Trinajstić information content (AvgIpc) is 3.14. The molecule has 9 nitrogen and oxygen atoms in total. The molecule has 3 rings (SSSR count). The molecule has 0 unspecified atom stereocenters. The lowest BCUT2D eigenvalue weighted by atomic mass is 10.2. The van der Waals surface area contributed by atoms with Crippen molar-refractivity contribution in [2.45, 2.75) is 20.3 Å². The van der Waals surface area contributed by atoms with Crippen molar-refractivity contribution in [3.63, 3.8) is 0 Å². The Morgan fingerprint density at radius 2 is 1.93 bits per heavy atom. The average molecular weight is 404 g/mol. The summed E-state index contributed by atoms with van der Waals surface area (Å²) in [5.74, 6) is 0.978. The van der Waals surface area contributed by atoms with E-state index in [1.807, 2.05) is 18.7 Å². The first kappa shape index (κ1) is 20.0. The van der Waals surface area contributed by atoms with Gasteiger partial charge < -0.3 is 14.5 Å². The van der Waals surface area contributed by atoms with Crippen LogP contribution in [0.15, 0.2) is 23.8 Å². The fourth-order valence-electron chi connectivity index (χ4n) is 2.69. The van der Waals surface area contributed by atoms with Crippen LogP contribution < -0.4 is 10.2 Å². The second-order valence-electron chi connectivity index (χ2n) is 6.85. The fraction of sp³-hybridized carbons (Fsp3) is 0.500. The number of thiazole rings is 1.